The van der Waals surface area contributed by atoms with Gasteiger partial charge in [0.1, 0.15) is 11.6 Å². The first-order valence-corrected chi connectivity index (χ1v) is 13.0. The summed E-state index contributed by atoms with van der Waals surface area (Å²) < 4.78 is 52.6. The predicted octanol–water partition coefficient (Wildman–Crippen LogP) is 6.73. The summed E-state index contributed by atoms with van der Waals surface area (Å²) in [6, 6.07) is 4.05. The van der Waals surface area contributed by atoms with Crippen LogP contribution in [0.5, 0.6) is 0 Å². The Hall–Kier alpha value is -2.62. The summed E-state index contributed by atoms with van der Waals surface area (Å²) in [6.45, 7) is 7.56. The van der Waals surface area contributed by atoms with Crippen molar-refractivity contribution < 1.29 is 27.4 Å². The normalized spacial score (nSPS) is 19.1. The highest BCUT2D eigenvalue weighted by molar-refractivity contribution is 7.80. The second-order valence-electron chi connectivity index (χ2n) is 10.5. The lowest BCUT2D eigenvalue weighted by atomic mass is 9.97. The van der Waals surface area contributed by atoms with Crippen LogP contribution >= 0.6 is 12.2 Å². The Morgan fingerprint density at radius 2 is 1.95 bits per heavy atom. The van der Waals surface area contributed by atoms with Gasteiger partial charge in [-0.3, -0.25) is 5.32 Å². The van der Waals surface area contributed by atoms with Crippen LogP contribution in [0.3, 0.4) is 0 Å². The molecule has 2 aliphatic rings. The maximum Gasteiger partial charge on any atom is 0.416 e. The van der Waals surface area contributed by atoms with E-state index in [9.17, 15) is 18.0 Å². The number of likely N-dealkylation sites (tertiary alicyclic amines) is 1. The average Bonchev–Trinajstić information content (AvgIpc) is 3.50. The summed E-state index contributed by atoms with van der Waals surface area (Å²) in [5, 5.41) is 2.77. The number of halogens is 3. The molecule has 1 amide bonds. The average molecular weight is 540 g/mol. The van der Waals surface area contributed by atoms with Crippen LogP contribution in [0.25, 0.3) is 5.70 Å². The summed E-state index contributed by atoms with van der Waals surface area (Å²) in [7, 11) is 1.47. The van der Waals surface area contributed by atoms with Gasteiger partial charge in [0.2, 0.25) is 5.90 Å². The van der Waals surface area contributed by atoms with Gasteiger partial charge in [-0.25, -0.2) is 9.79 Å². The van der Waals surface area contributed by atoms with Crippen molar-refractivity contribution in [3.63, 3.8) is 0 Å². The highest BCUT2D eigenvalue weighted by atomic mass is 32.1. The molecule has 1 aromatic carbocycles. The molecule has 6 nitrogen and oxygen atoms in total. The van der Waals surface area contributed by atoms with Gasteiger partial charge in [-0.05, 0) is 83.1 Å². The van der Waals surface area contributed by atoms with E-state index in [0.29, 0.717) is 48.0 Å². The first-order chi connectivity index (χ1) is 17.3. The van der Waals surface area contributed by atoms with E-state index < -0.39 is 23.4 Å². The monoisotopic (exact) mass is 539 g/mol. The lowest BCUT2D eigenvalue weighted by Crippen LogP contribution is -2.49. The first-order valence-electron chi connectivity index (χ1n) is 12.6. The highest BCUT2D eigenvalue weighted by Gasteiger charge is 2.35. The summed E-state index contributed by atoms with van der Waals surface area (Å²) in [6.07, 6.45) is 1.39. The smallest absolute Gasteiger partial charge is 0.416 e. The molecule has 0 aromatic heterocycles. The van der Waals surface area contributed by atoms with Crippen molar-refractivity contribution in [1.82, 2.24) is 10.2 Å². The van der Waals surface area contributed by atoms with Gasteiger partial charge in [-0.15, -0.1) is 0 Å². The molecule has 0 radical (unpaired) electrons. The molecule has 1 N–H and O–H groups in total. The highest BCUT2D eigenvalue weighted by Crippen LogP contribution is 2.38. The van der Waals surface area contributed by atoms with Gasteiger partial charge in [0.25, 0.3) is 0 Å². The van der Waals surface area contributed by atoms with Gasteiger partial charge >= 0.3 is 12.3 Å². The molecule has 1 heterocycles. The number of hydrogen-bond donors (Lipinski definition) is 1. The molecule has 1 aliphatic carbocycles. The topological polar surface area (TPSA) is 63.2 Å². The Kier molecular flexibility index (Phi) is 9.26. The molecule has 204 valence electrons. The number of rotatable bonds is 6. The van der Waals surface area contributed by atoms with Crippen LogP contribution in [0.1, 0.15) is 76.5 Å². The van der Waals surface area contributed by atoms with E-state index in [-0.39, 0.29) is 11.2 Å². The van der Waals surface area contributed by atoms with Crippen molar-refractivity contribution in [3.8, 4) is 0 Å². The van der Waals surface area contributed by atoms with Gasteiger partial charge in [0.05, 0.1) is 18.4 Å². The number of nitrogens with zero attached hydrogens (tertiary/aromatic N) is 2. The minimum atomic E-state index is -4.46. The quantitative estimate of drug-likeness (QED) is 0.247. The van der Waals surface area contributed by atoms with Crippen LogP contribution in [0, 0.1) is 5.92 Å². The van der Waals surface area contributed by atoms with E-state index in [4.69, 9.17) is 21.7 Å². The fourth-order valence-electron chi connectivity index (χ4n) is 4.38. The molecular weight excluding hydrogens is 503 g/mol. The zero-order chi connectivity index (χ0) is 27.4. The second-order valence-corrected chi connectivity index (χ2v) is 10.8. The number of aryl methyl sites for hydroxylation is 1. The molecule has 0 bridgehead atoms. The SMILES string of the molecule is C/C=C(\N=C(OC)C1CCCN1C(=S)NC(=O)OC(C)(C)C)c1ccc(CCC2CC2)c(C(F)(F)F)c1. The third-order valence-corrected chi connectivity index (χ3v) is 6.69. The zero-order valence-corrected chi connectivity index (χ0v) is 22.9. The summed E-state index contributed by atoms with van der Waals surface area (Å²) in [5.74, 6) is 0.858. The molecule has 1 unspecified atom stereocenters. The lowest BCUT2D eigenvalue weighted by molar-refractivity contribution is -0.138. The number of benzene rings is 1. The number of aliphatic imine (C=N–C) groups is 1. The van der Waals surface area contributed by atoms with Crippen molar-refractivity contribution in [2.45, 2.75) is 84.0 Å². The number of thiocarbonyl (C=S) groups is 1. The maximum absolute atomic E-state index is 13.9. The minimum Gasteiger partial charge on any atom is -0.483 e. The predicted molar refractivity (Wildman–Crippen MR) is 142 cm³/mol. The summed E-state index contributed by atoms with van der Waals surface area (Å²) in [5.41, 5.74) is -0.251. The standard InChI is InChI=1S/C27H36F3N3O3S/c1-6-21(19-14-13-18(12-11-17-9-10-17)20(16-19)27(28,29)30)31-23(35-5)22-8-7-15-33(22)24(37)32-25(34)36-26(2,3)4/h6,13-14,16-17,22H,7-12,15H2,1-5H3,(H,32,34,37)/b21-6-,31-23?. The summed E-state index contributed by atoms with van der Waals surface area (Å²) in [4.78, 5) is 18.6. The third kappa shape index (κ3) is 8.18. The third-order valence-electron chi connectivity index (χ3n) is 6.35. The number of amides is 1. The van der Waals surface area contributed by atoms with Crippen LogP contribution in [-0.2, 0) is 22.1 Å². The van der Waals surface area contributed by atoms with Crippen molar-refractivity contribution in [2.24, 2.45) is 10.9 Å². The molecule has 1 aliphatic heterocycles. The number of alkyl halides is 3. The first kappa shape index (κ1) is 28.9. The fraction of sp³-hybridized carbons (Fsp3) is 0.593. The molecule has 1 aromatic rings. The number of ether oxygens (including phenoxy) is 2. The molecule has 10 heteroatoms. The number of carbonyl (C=O) groups is 1. The zero-order valence-electron chi connectivity index (χ0n) is 22.1. The Bertz CT molecular complexity index is 1060. The van der Waals surface area contributed by atoms with E-state index in [1.54, 1.807) is 50.8 Å². The molecule has 1 saturated heterocycles. The largest absolute Gasteiger partial charge is 0.483 e. The van der Waals surface area contributed by atoms with E-state index in [1.807, 2.05) is 0 Å². The molecule has 1 saturated carbocycles. The maximum atomic E-state index is 13.9. The Labute approximate surface area is 222 Å². The van der Waals surface area contributed by atoms with E-state index >= 15 is 0 Å². The lowest BCUT2D eigenvalue weighted by Gasteiger charge is -2.28. The number of allylic oxidation sites excluding steroid dienone is 1. The number of hydrogen-bond acceptors (Lipinski definition) is 5. The Morgan fingerprint density at radius 1 is 1.24 bits per heavy atom. The molecular formula is C27H36F3N3O3S. The summed E-state index contributed by atoms with van der Waals surface area (Å²) >= 11 is 5.44. The van der Waals surface area contributed by atoms with Crippen molar-refractivity contribution in [1.29, 1.82) is 0 Å². The van der Waals surface area contributed by atoms with Gasteiger partial charge in [-0.2, -0.15) is 13.2 Å². The number of alkyl carbamates (subject to hydrolysis) is 1. The van der Waals surface area contributed by atoms with Gasteiger partial charge in [0.15, 0.2) is 5.11 Å². The van der Waals surface area contributed by atoms with Crippen molar-refractivity contribution in [2.75, 3.05) is 13.7 Å². The molecule has 1 atom stereocenters. The number of methoxy groups -OCH3 is 1. The van der Waals surface area contributed by atoms with E-state index in [2.05, 4.69) is 10.3 Å². The van der Waals surface area contributed by atoms with Crippen LogP contribution in [0.4, 0.5) is 18.0 Å². The molecule has 0 spiro atoms. The fourth-order valence-corrected chi connectivity index (χ4v) is 4.69. The van der Waals surface area contributed by atoms with Crippen LogP contribution < -0.4 is 5.32 Å². The molecule has 2 fully saturated rings. The van der Waals surface area contributed by atoms with E-state index in [0.717, 1.165) is 25.7 Å². The molecule has 3 rings (SSSR count). The van der Waals surface area contributed by atoms with Gasteiger partial charge in [0, 0.05) is 12.1 Å². The van der Waals surface area contributed by atoms with Crippen LogP contribution in [-0.4, -0.2) is 47.3 Å². The van der Waals surface area contributed by atoms with Crippen molar-refractivity contribution in [3.05, 3.63) is 41.0 Å². The van der Waals surface area contributed by atoms with Crippen molar-refractivity contribution >= 4 is 35.0 Å². The molecule has 37 heavy (non-hydrogen) atoms. The van der Waals surface area contributed by atoms with Gasteiger partial charge < -0.3 is 14.4 Å². The second kappa shape index (κ2) is 11.8. The van der Waals surface area contributed by atoms with Crippen LogP contribution in [0.15, 0.2) is 29.3 Å². The Balaban J connectivity index is 1.82. The van der Waals surface area contributed by atoms with Crippen LogP contribution in [0.2, 0.25) is 0 Å². The Morgan fingerprint density at radius 3 is 2.51 bits per heavy atom. The van der Waals surface area contributed by atoms with Gasteiger partial charge in [-0.1, -0.05) is 31.1 Å². The van der Waals surface area contributed by atoms with E-state index in [1.165, 1.54) is 13.2 Å². The minimum absolute atomic E-state index is 0.183. The number of carbonyl (C=O) groups excluding carboxylic acids is 1. The number of nitrogens with one attached hydrogen (secondary N) is 1.